The third-order valence-electron chi connectivity index (χ3n) is 1.52. The van der Waals surface area contributed by atoms with Gasteiger partial charge < -0.3 is 4.74 Å². The second-order valence-electron chi connectivity index (χ2n) is 3.16. The molecule has 0 aliphatic rings. The predicted molar refractivity (Wildman–Crippen MR) is 55.2 cm³/mol. The third kappa shape index (κ3) is 3.37. The van der Waals surface area contributed by atoms with Crippen molar-refractivity contribution < 1.29 is 9.53 Å². The van der Waals surface area contributed by atoms with Gasteiger partial charge >= 0.3 is 5.97 Å². The molecule has 0 N–H and O–H groups in total. The summed E-state index contributed by atoms with van der Waals surface area (Å²) in [4.78, 5) is 10.8. The molecule has 0 fully saturated rings. The zero-order chi connectivity index (χ0) is 10.7. The van der Waals surface area contributed by atoms with Crippen molar-refractivity contribution in [3.63, 3.8) is 0 Å². The number of halogens is 3. The van der Waals surface area contributed by atoms with Crippen LogP contribution >= 0.6 is 34.8 Å². The van der Waals surface area contributed by atoms with Crippen LogP contribution in [0.1, 0.15) is 13.8 Å². The highest BCUT2D eigenvalue weighted by molar-refractivity contribution is 6.48. The lowest BCUT2D eigenvalue weighted by molar-refractivity contribution is -0.145. The Morgan fingerprint density at radius 3 is 2.31 bits per heavy atom. The molecule has 0 amide bonds. The van der Waals surface area contributed by atoms with E-state index >= 15 is 0 Å². The molecule has 0 radical (unpaired) electrons. The lowest BCUT2D eigenvalue weighted by Crippen LogP contribution is -2.39. The number of alkyl halides is 3. The number of esters is 1. The van der Waals surface area contributed by atoms with Crippen molar-refractivity contribution >= 4 is 40.8 Å². The van der Waals surface area contributed by atoms with E-state index in [4.69, 9.17) is 39.5 Å². The van der Waals surface area contributed by atoms with Gasteiger partial charge in [0.25, 0.3) is 4.52 Å². The molecule has 0 unspecified atom stereocenters. The minimum absolute atomic E-state index is 0.171. The van der Waals surface area contributed by atoms with E-state index in [0.717, 1.165) is 6.08 Å². The smallest absolute Gasteiger partial charge is 0.332 e. The summed E-state index contributed by atoms with van der Waals surface area (Å²) in [6.45, 7) is 6.61. The predicted octanol–water partition coefficient (Wildman–Crippen LogP) is 3.11. The highest BCUT2D eigenvalue weighted by Crippen LogP contribution is 2.42. The number of rotatable bonds is 4. The lowest BCUT2D eigenvalue weighted by atomic mass is 9.97. The number of carbonyl (C=O) groups is 1. The maximum absolute atomic E-state index is 10.8. The van der Waals surface area contributed by atoms with Gasteiger partial charge in [-0.15, -0.1) is 11.6 Å². The van der Waals surface area contributed by atoms with E-state index in [1.54, 1.807) is 13.8 Å². The van der Waals surface area contributed by atoms with Crippen LogP contribution < -0.4 is 0 Å². The van der Waals surface area contributed by atoms with Crippen LogP contribution in [0.2, 0.25) is 0 Å². The van der Waals surface area contributed by atoms with Crippen LogP contribution in [0.15, 0.2) is 12.7 Å². The molecule has 0 rings (SSSR count). The molecule has 0 heterocycles. The summed E-state index contributed by atoms with van der Waals surface area (Å²) in [5.74, 6) is -0.507. The Bertz CT molecular complexity index is 211. The summed E-state index contributed by atoms with van der Waals surface area (Å²) >= 11 is 17.2. The standard InChI is InChI=1S/C8H11Cl3O2/c1-4-6(12)13-8(10,11)7(2,3)5-9/h4H,1,5H2,2-3H3. The Hall–Kier alpha value is 0.0800. The fourth-order valence-electron chi connectivity index (χ4n) is 0.384. The molecular formula is C8H11Cl3O2. The van der Waals surface area contributed by atoms with Gasteiger partial charge in [-0.1, -0.05) is 43.6 Å². The SMILES string of the molecule is C=CC(=O)OC(Cl)(Cl)C(C)(C)CCl. The van der Waals surface area contributed by atoms with E-state index in [-0.39, 0.29) is 5.88 Å². The molecule has 0 saturated heterocycles. The average Bonchev–Trinajstić information content (AvgIpc) is 2.03. The Morgan fingerprint density at radius 2 is 2.00 bits per heavy atom. The van der Waals surface area contributed by atoms with Gasteiger partial charge in [0.1, 0.15) is 0 Å². The molecule has 5 heteroatoms. The van der Waals surface area contributed by atoms with Gasteiger partial charge in [0.05, 0.1) is 0 Å². The van der Waals surface area contributed by atoms with Gasteiger partial charge in [0, 0.05) is 17.4 Å². The highest BCUT2D eigenvalue weighted by atomic mass is 35.5. The van der Waals surface area contributed by atoms with Crippen molar-refractivity contribution in [2.45, 2.75) is 18.4 Å². The fourth-order valence-corrected chi connectivity index (χ4v) is 0.995. The first-order valence-electron chi connectivity index (χ1n) is 3.56. The Balaban J connectivity index is 4.56. The molecule has 0 aromatic rings. The molecule has 0 aliphatic heterocycles. The van der Waals surface area contributed by atoms with Gasteiger partial charge in [-0.05, 0) is 0 Å². The van der Waals surface area contributed by atoms with Crippen LogP contribution in [-0.2, 0) is 9.53 Å². The molecule has 0 aliphatic carbocycles. The first-order valence-corrected chi connectivity index (χ1v) is 4.85. The zero-order valence-corrected chi connectivity index (χ0v) is 9.71. The molecule has 0 atom stereocenters. The molecule has 0 bridgehead atoms. The first-order chi connectivity index (χ1) is 5.77. The van der Waals surface area contributed by atoms with E-state index in [2.05, 4.69) is 6.58 Å². The second kappa shape index (κ2) is 4.54. The van der Waals surface area contributed by atoms with Gasteiger partial charge in [-0.3, -0.25) is 0 Å². The quantitative estimate of drug-likeness (QED) is 0.432. The number of carbonyl (C=O) groups excluding carboxylic acids is 1. The molecule has 0 spiro atoms. The minimum atomic E-state index is -1.64. The van der Waals surface area contributed by atoms with Crippen LogP contribution in [0, 0.1) is 5.41 Å². The molecule has 0 aromatic heterocycles. The molecule has 2 nitrogen and oxygen atoms in total. The Kier molecular flexibility index (Phi) is 4.56. The molecular weight excluding hydrogens is 234 g/mol. The van der Waals surface area contributed by atoms with Gasteiger partial charge in [-0.2, -0.15) is 0 Å². The largest absolute Gasteiger partial charge is 0.425 e. The Morgan fingerprint density at radius 1 is 1.54 bits per heavy atom. The monoisotopic (exact) mass is 244 g/mol. The van der Waals surface area contributed by atoms with Crippen LogP contribution in [-0.4, -0.2) is 16.4 Å². The molecule has 13 heavy (non-hydrogen) atoms. The van der Waals surface area contributed by atoms with Gasteiger partial charge in [0.2, 0.25) is 0 Å². The second-order valence-corrected chi connectivity index (χ2v) is 4.68. The van der Waals surface area contributed by atoms with Crippen molar-refractivity contribution in [1.82, 2.24) is 0 Å². The number of hydrogen-bond donors (Lipinski definition) is 0. The van der Waals surface area contributed by atoms with E-state index in [9.17, 15) is 4.79 Å². The summed E-state index contributed by atoms with van der Waals surface area (Å²) in [7, 11) is 0. The van der Waals surface area contributed by atoms with Crippen molar-refractivity contribution in [2.75, 3.05) is 5.88 Å². The number of ether oxygens (including phenoxy) is 1. The van der Waals surface area contributed by atoms with Crippen LogP contribution in [0.3, 0.4) is 0 Å². The van der Waals surface area contributed by atoms with E-state index in [1.807, 2.05) is 0 Å². The summed E-state index contributed by atoms with van der Waals surface area (Å²) < 4.78 is 3.09. The molecule has 0 aromatic carbocycles. The summed E-state index contributed by atoms with van der Waals surface area (Å²) in [5, 5.41) is 0. The first kappa shape index (κ1) is 13.1. The van der Waals surface area contributed by atoms with Crippen molar-refractivity contribution in [3.05, 3.63) is 12.7 Å². The van der Waals surface area contributed by atoms with E-state index in [1.165, 1.54) is 0 Å². The fraction of sp³-hybridized carbons (Fsp3) is 0.625. The number of hydrogen-bond acceptors (Lipinski definition) is 2. The van der Waals surface area contributed by atoms with Crippen molar-refractivity contribution in [2.24, 2.45) is 5.41 Å². The summed E-state index contributed by atoms with van der Waals surface area (Å²) in [6, 6.07) is 0. The zero-order valence-electron chi connectivity index (χ0n) is 7.44. The summed E-state index contributed by atoms with van der Waals surface area (Å²) in [5.41, 5.74) is -0.726. The topological polar surface area (TPSA) is 26.3 Å². The van der Waals surface area contributed by atoms with Crippen molar-refractivity contribution in [3.8, 4) is 0 Å². The average molecular weight is 246 g/mol. The highest BCUT2D eigenvalue weighted by Gasteiger charge is 2.45. The maximum Gasteiger partial charge on any atom is 0.332 e. The summed E-state index contributed by atoms with van der Waals surface area (Å²) in [6.07, 6.45) is 0.990. The van der Waals surface area contributed by atoms with Crippen LogP contribution in [0.25, 0.3) is 0 Å². The lowest BCUT2D eigenvalue weighted by Gasteiger charge is -2.34. The van der Waals surface area contributed by atoms with Gasteiger partial charge in [0.15, 0.2) is 0 Å². The van der Waals surface area contributed by atoms with Crippen LogP contribution in [0.4, 0.5) is 0 Å². The Labute approximate surface area is 92.8 Å². The maximum atomic E-state index is 10.8. The minimum Gasteiger partial charge on any atom is -0.425 e. The third-order valence-corrected chi connectivity index (χ3v) is 3.36. The van der Waals surface area contributed by atoms with E-state index in [0.29, 0.717) is 0 Å². The van der Waals surface area contributed by atoms with Gasteiger partial charge in [-0.25, -0.2) is 4.79 Å². The molecule has 76 valence electrons. The van der Waals surface area contributed by atoms with E-state index < -0.39 is 15.9 Å². The molecule has 0 saturated carbocycles. The van der Waals surface area contributed by atoms with Crippen molar-refractivity contribution in [1.29, 1.82) is 0 Å². The normalized spacial score (nSPS) is 12.4. The van der Waals surface area contributed by atoms with Crippen LogP contribution in [0.5, 0.6) is 0 Å².